The zero-order valence-corrected chi connectivity index (χ0v) is 14.2. The molecular weight excluding hydrogens is 304 g/mol. The topological polar surface area (TPSA) is 55.8 Å². The van der Waals surface area contributed by atoms with Gasteiger partial charge in [-0.05, 0) is 36.1 Å². The van der Waals surface area contributed by atoms with E-state index in [1.54, 1.807) is 18.2 Å². The summed E-state index contributed by atoms with van der Waals surface area (Å²) in [6.45, 7) is 2.17. The Morgan fingerprint density at radius 3 is 2.25 bits per heavy atom. The Bertz CT molecular complexity index is 649. The van der Waals surface area contributed by atoms with Crippen molar-refractivity contribution in [1.29, 1.82) is 0 Å². The number of hydrogen-bond acceptors (Lipinski definition) is 3. The summed E-state index contributed by atoms with van der Waals surface area (Å²) in [5.41, 5.74) is 2.22. The van der Waals surface area contributed by atoms with Crippen molar-refractivity contribution in [3.8, 4) is 11.5 Å². The number of para-hydroxylation sites is 2. The normalized spacial score (nSPS) is 11.8. The Morgan fingerprint density at radius 1 is 1.04 bits per heavy atom. The number of benzene rings is 2. The van der Waals surface area contributed by atoms with Gasteiger partial charge < -0.3 is 14.6 Å². The quantitative estimate of drug-likeness (QED) is 0.752. The van der Waals surface area contributed by atoms with Crippen LogP contribution in [0.3, 0.4) is 0 Å². The third-order valence-electron chi connectivity index (χ3n) is 3.88. The molecule has 2 rings (SSSR count). The fourth-order valence-electron chi connectivity index (χ4n) is 2.49. The third-order valence-corrected chi connectivity index (χ3v) is 3.88. The van der Waals surface area contributed by atoms with Crippen LogP contribution in [0.25, 0.3) is 0 Å². The van der Waals surface area contributed by atoms with Gasteiger partial charge in [-0.3, -0.25) is 0 Å². The lowest BCUT2D eigenvalue weighted by Gasteiger charge is -2.17. The first-order valence-corrected chi connectivity index (χ1v) is 8.24. The Labute approximate surface area is 143 Å². The number of hydrogen-bond donors (Lipinski definition) is 1. The number of methoxy groups -OCH3 is 1. The molecule has 0 aliphatic heterocycles. The van der Waals surface area contributed by atoms with E-state index in [1.807, 2.05) is 18.2 Å². The van der Waals surface area contributed by atoms with Crippen molar-refractivity contribution < 1.29 is 19.4 Å². The molecule has 4 nitrogen and oxygen atoms in total. The summed E-state index contributed by atoms with van der Waals surface area (Å²) in [7, 11) is 1.53. The fourth-order valence-corrected chi connectivity index (χ4v) is 2.49. The van der Waals surface area contributed by atoms with Crippen LogP contribution < -0.4 is 9.47 Å². The van der Waals surface area contributed by atoms with Crippen LogP contribution in [0.5, 0.6) is 11.5 Å². The number of ether oxygens (including phenoxy) is 2. The molecular formula is C20H24O4. The Morgan fingerprint density at radius 2 is 1.67 bits per heavy atom. The maximum Gasteiger partial charge on any atom is 0.345 e. The third kappa shape index (κ3) is 5.01. The van der Waals surface area contributed by atoms with E-state index >= 15 is 0 Å². The number of rotatable bonds is 9. The Balaban J connectivity index is 2.07. The summed E-state index contributed by atoms with van der Waals surface area (Å²) < 4.78 is 10.9. The molecule has 0 aliphatic carbocycles. The molecule has 4 heteroatoms. The smallest absolute Gasteiger partial charge is 0.345 e. The molecule has 0 spiro atoms. The van der Waals surface area contributed by atoms with Crippen molar-refractivity contribution >= 4 is 5.97 Å². The lowest BCUT2D eigenvalue weighted by atomic mass is 10.0. The van der Waals surface area contributed by atoms with Crippen molar-refractivity contribution in [2.75, 3.05) is 7.11 Å². The number of aliphatic carboxylic acids is 1. The Kier molecular flexibility index (Phi) is 6.67. The van der Waals surface area contributed by atoms with Gasteiger partial charge >= 0.3 is 5.97 Å². The van der Waals surface area contributed by atoms with E-state index < -0.39 is 12.1 Å². The number of aryl methyl sites for hydroxylation is 1. The second-order valence-electron chi connectivity index (χ2n) is 5.72. The minimum atomic E-state index is -0.990. The SMILES string of the molecule is CCCCc1ccc(C[C@H](Oc2ccccc2OC)C(=O)O)cc1. The molecule has 1 N–H and O–H groups in total. The summed E-state index contributed by atoms with van der Waals surface area (Å²) in [5, 5.41) is 9.46. The number of carbonyl (C=O) groups is 1. The van der Waals surface area contributed by atoms with Crippen molar-refractivity contribution in [3.63, 3.8) is 0 Å². The molecule has 0 bridgehead atoms. The van der Waals surface area contributed by atoms with E-state index in [9.17, 15) is 9.90 Å². The van der Waals surface area contributed by atoms with Crippen LogP contribution in [0.1, 0.15) is 30.9 Å². The first-order chi connectivity index (χ1) is 11.6. The largest absolute Gasteiger partial charge is 0.493 e. The zero-order valence-electron chi connectivity index (χ0n) is 14.2. The standard InChI is InChI=1S/C20H24O4/c1-3-4-7-15-10-12-16(13-11-15)14-19(20(21)22)24-18-9-6-5-8-17(18)23-2/h5-6,8-13,19H,3-4,7,14H2,1-2H3,(H,21,22)/t19-/m0/s1. The molecule has 0 heterocycles. The lowest BCUT2D eigenvalue weighted by molar-refractivity contribution is -0.145. The van der Waals surface area contributed by atoms with Crippen LogP contribution in [-0.4, -0.2) is 24.3 Å². The molecule has 0 unspecified atom stereocenters. The van der Waals surface area contributed by atoms with Gasteiger partial charge in [-0.1, -0.05) is 49.7 Å². The van der Waals surface area contributed by atoms with Crippen molar-refractivity contribution in [1.82, 2.24) is 0 Å². The maximum absolute atomic E-state index is 11.6. The van der Waals surface area contributed by atoms with Crippen LogP contribution >= 0.6 is 0 Å². The van der Waals surface area contributed by atoms with Crippen LogP contribution in [0.2, 0.25) is 0 Å². The fraction of sp³-hybridized carbons (Fsp3) is 0.350. The van der Waals surface area contributed by atoms with Crippen LogP contribution in [-0.2, 0) is 17.6 Å². The second kappa shape index (κ2) is 8.96. The number of unbranched alkanes of at least 4 members (excludes halogenated alkanes) is 1. The van der Waals surface area contributed by atoms with E-state index in [-0.39, 0.29) is 0 Å². The molecule has 128 valence electrons. The van der Waals surface area contributed by atoms with Crippen molar-refractivity contribution in [2.45, 2.75) is 38.7 Å². The van der Waals surface area contributed by atoms with Gasteiger partial charge in [-0.15, -0.1) is 0 Å². The molecule has 24 heavy (non-hydrogen) atoms. The monoisotopic (exact) mass is 328 g/mol. The molecule has 2 aromatic carbocycles. The maximum atomic E-state index is 11.6. The molecule has 0 saturated carbocycles. The highest BCUT2D eigenvalue weighted by Gasteiger charge is 2.21. The molecule has 0 aliphatic rings. The molecule has 0 radical (unpaired) electrons. The first kappa shape index (κ1) is 17.9. The first-order valence-electron chi connectivity index (χ1n) is 8.24. The minimum Gasteiger partial charge on any atom is -0.493 e. The van der Waals surface area contributed by atoms with E-state index in [4.69, 9.17) is 9.47 Å². The summed E-state index contributed by atoms with van der Waals surface area (Å²) in [5.74, 6) is -0.0263. The Hall–Kier alpha value is -2.49. The van der Waals surface area contributed by atoms with Gasteiger partial charge in [-0.2, -0.15) is 0 Å². The second-order valence-corrected chi connectivity index (χ2v) is 5.72. The predicted octanol–water partition coefficient (Wildman–Crippen LogP) is 4.11. The molecule has 0 amide bonds. The number of carboxylic acid groups (broad SMARTS) is 1. The van der Waals surface area contributed by atoms with Crippen LogP contribution in [0.15, 0.2) is 48.5 Å². The van der Waals surface area contributed by atoms with E-state index in [0.717, 1.165) is 24.8 Å². The van der Waals surface area contributed by atoms with Gasteiger partial charge in [0.1, 0.15) is 0 Å². The summed E-state index contributed by atoms with van der Waals surface area (Å²) in [6, 6.07) is 15.1. The average molecular weight is 328 g/mol. The van der Waals surface area contributed by atoms with Gasteiger partial charge in [0.25, 0.3) is 0 Å². The predicted molar refractivity (Wildman–Crippen MR) is 93.8 cm³/mol. The van der Waals surface area contributed by atoms with Crippen LogP contribution in [0, 0.1) is 0 Å². The van der Waals surface area contributed by atoms with E-state index in [2.05, 4.69) is 19.1 Å². The minimum absolute atomic E-state index is 0.307. The summed E-state index contributed by atoms with van der Waals surface area (Å²) in [6.07, 6.45) is 2.73. The van der Waals surface area contributed by atoms with Gasteiger partial charge in [0.05, 0.1) is 7.11 Å². The van der Waals surface area contributed by atoms with E-state index in [1.165, 1.54) is 12.7 Å². The van der Waals surface area contributed by atoms with Gasteiger partial charge in [-0.25, -0.2) is 4.79 Å². The van der Waals surface area contributed by atoms with Crippen LogP contribution in [0.4, 0.5) is 0 Å². The highest BCUT2D eigenvalue weighted by Crippen LogP contribution is 2.27. The van der Waals surface area contributed by atoms with Crippen molar-refractivity contribution in [3.05, 3.63) is 59.7 Å². The van der Waals surface area contributed by atoms with Gasteiger partial charge in [0.2, 0.25) is 0 Å². The average Bonchev–Trinajstić information content (AvgIpc) is 2.60. The molecule has 2 aromatic rings. The highest BCUT2D eigenvalue weighted by molar-refractivity contribution is 5.73. The molecule has 0 fully saturated rings. The van der Waals surface area contributed by atoms with Crippen molar-refractivity contribution in [2.24, 2.45) is 0 Å². The lowest BCUT2D eigenvalue weighted by Crippen LogP contribution is -2.29. The zero-order chi connectivity index (χ0) is 17.4. The van der Waals surface area contributed by atoms with E-state index in [0.29, 0.717) is 17.9 Å². The molecule has 0 saturated heterocycles. The van der Waals surface area contributed by atoms with Gasteiger partial charge in [0.15, 0.2) is 17.6 Å². The van der Waals surface area contributed by atoms with Gasteiger partial charge in [0, 0.05) is 6.42 Å². The number of carboxylic acids is 1. The highest BCUT2D eigenvalue weighted by atomic mass is 16.5. The summed E-state index contributed by atoms with van der Waals surface area (Å²) in [4.78, 5) is 11.6. The molecule has 0 aromatic heterocycles. The molecule has 1 atom stereocenters. The summed E-state index contributed by atoms with van der Waals surface area (Å²) >= 11 is 0.